The first-order valence-electron chi connectivity index (χ1n) is 24.1. The van der Waals surface area contributed by atoms with Crippen molar-refractivity contribution in [1.82, 2.24) is 0 Å². The van der Waals surface area contributed by atoms with Crippen LogP contribution in [0.15, 0.2) is 243 Å². The van der Waals surface area contributed by atoms with Crippen molar-refractivity contribution in [2.45, 2.75) is 0 Å². The summed E-state index contributed by atoms with van der Waals surface area (Å²) in [5.41, 5.74) is 12.4. The van der Waals surface area contributed by atoms with E-state index in [-0.39, 0.29) is 0 Å². The van der Waals surface area contributed by atoms with Crippen LogP contribution < -0.4 is 0 Å². The lowest BCUT2D eigenvalue weighted by atomic mass is 9.83. The Labute approximate surface area is 412 Å². The third-order valence-electron chi connectivity index (χ3n) is 14.8. The smallest absolute Gasteiger partial charge is 0.0361 e. The van der Waals surface area contributed by atoms with Crippen LogP contribution in [0, 0.1) is 0 Å². The van der Waals surface area contributed by atoms with Gasteiger partial charge in [0, 0.05) is 40.3 Å². The summed E-state index contributed by atoms with van der Waals surface area (Å²) in [6.45, 7) is 0. The third-order valence-corrected chi connectivity index (χ3v) is 17.1. The molecule has 0 spiro atoms. The summed E-state index contributed by atoms with van der Waals surface area (Å²) in [5.74, 6) is 0. The van der Waals surface area contributed by atoms with Gasteiger partial charge in [0.2, 0.25) is 0 Å². The van der Waals surface area contributed by atoms with Crippen LogP contribution in [0.5, 0.6) is 0 Å². The monoisotopic (exact) mass is 920 g/mol. The predicted octanol–water partition coefficient (Wildman–Crippen LogP) is 20.5. The van der Waals surface area contributed by atoms with Gasteiger partial charge in [0.15, 0.2) is 0 Å². The molecule has 15 aromatic rings. The second kappa shape index (κ2) is 15.6. The molecule has 0 aliphatic rings. The molecule has 15 rings (SSSR count). The number of thiophene rings is 2. The molecule has 70 heavy (non-hydrogen) atoms. The van der Waals surface area contributed by atoms with Crippen molar-refractivity contribution in [2.75, 3.05) is 0 Å². The standard InChI is InChI=1S/C68H40S2/c1-2-15-42(16-3-1)65-53-20-6-8-22-55(53)68(48-31-33-52-50-19-11-13-25-62(50)70-64(52)40-48)59-37-44(28-34-57(59)65)45-29-35-58-60(38-45)67(46-27-26-41-14-4-5-17-43(41)36-46)56-23-9-7-21-54(56)66(58)47-30-32-51-49-18-10-12-24-61(49)69-63(51)39-47/h1-40H. The summed E-state index contributed by atoms with van der Waals surface area (Å²) in [4.78, 5) is 0. The van der Waals surface area contributed by atoms with E-state index >= 15 is 0 Å². The van der Waals surface area contributed by atoms with Crippen LogP contribution in [0.1, 0.15) is 0 Å². The van der Waals surface area contributed by atoms with E-state index in [1.54, 1.807) is 0 Å². The summed E-state index contributed by atoms with van der Waals surface area (Å²) in [6.07, 6.45) is 0. The molecule has 0 saturated heterocycles. The Morgan fingerprint density at radius 3 is 1.04 bits per heavy atom. The van der Waals surface area contributed by atoms with E-state index in [2.05, 4.69) is 243 Å². The molecule has 2 heterocycles. The Morgan fingerprint density at radius 2 is 0.514 bits per heavy atom. The molecule has 0 nitrogen and oxygen atoms in total. The molecular weight excluding hydrogens is 881 g/mol. The molecule has 0 atom stereocenters. The zero-order valence-corrected chi connectivity index (χ0v) is 39.5. The van der Waals surface area contributed by atoms with Crippen LogP contribution in [0.3, 0.4) is 0 Å². The van der Waals surface area contributed by atoms with Gasteiger partial charge in [-0.3, -0.25) is 0 Å². The molecule has 2 aromatic heterocycles. The molecule has 0 aliphatic carbocycles. The molecule has 0 amide bonds. The third kappa shape index (κ3) is 6.07. The minimum Gasteiger partial charge on any atom is -0.135 e. The maximum Gasteiger partial charge on any atom is 0.0361 e. The fourth-order valence-electron chi connectivity index (χ4n) is 11.7. The highest BCUT2D eigenvalue weighted by molar-refractivity contribution is 7.26. The zero-order valence-electron chi connectivity index (χ0n) is 37.9. The van der Waals surface area contributed by atoms with Crippen LogP contribution in [0.2, 0.25) is 0 Å². The number of fused-ring (bicyclic) bond motifs is 11. The molecule has 0 fully saturated rings. The lowest BCUT2D eigenvalue weighted by Gasteiger charge is -2.20. The molecule has 13 aromatic carbocycles. The van der Waals surface area contributed by atoms with E-state index < -0.39 is 0 Å². The van der Waals surface area contributed by atoms with Gasteiger partial charge in [-0.05, 0) is 152 Å². The molecule has 0 radical (unpaired) electrons. The van der Waals surface area contributed by atoms with Crippen LogP contribution >= 0.6 is 22.7 Å². The Bertz CT molecular complexity index is 4650. The fraction of sp³-hybridized carbons (Fsp3) is 0. The molecule has 2 heteroatoms. The summed E-state index contributed by atoms with van der Waals surface area (Å²) in [7, 11) is 0. The SMILES string of the molecule is c1ccc(-c2c3ccccc3c(-c3ccc4c(c3)sc3ccccc34)c3cc(-c4ccc5c(-c6ccc7c(c6)sc6ccccc67)c6ccccc6c(-c6ccc7ccccc7c6)c5c4)ccc23)cc1. The first kappa shape index (κ1) is 39.6. The molecule has 324 valence electrons. The predicted molar refractivity (Wildman–Crippen MR) is 307 cm³/mol. The second-order valence-corrected chi connectivity index (χ2v) is 20.8. The highest BCUT2D eigenvalue weighted by Gasteiger charge is 2.22. The van der Waals surface area contributed by atoms with Crippen molar-refractivity contribution in [3.05, 3.63) is 243 Å². The van der Waals surface area contributed by atoms with Gasteiger partial charge in [-0.1, -0.05) is 200 Å². The Balaban J connectivity index is 1.02. The van der Waals surface area contributed by atoms with Gasteiger partial charge in [0.05, 0.1) is 0 Å². The summed E-state index contributed by atoms with van der Waals surface area (Å²) in [6, 6.07) is 91.1. The van der Waals surface area contributed by atoms with Gasteiger partial charge in [0.1, 0.15) is 0 Å². The molecule has 0 unspecified atom stereocenters. The normalized spacial score (nSPS) is 12.0. The van der Waals surface area contributed by atoms with E-state index in [1.807, 2.05) is 22.7 Å². The minimum atomic E-state index is 1.19. The van der Waals surface area contributed by atoms with Crippen LogP contribution in [-0.2, 0) is 0 Å². The average molecular weight is 921 g/mol. The van der Waals surface area contributed by atoms with E-state index in [0.717, 1.165) is 0 Å². The molecular formula is C68H40S2. The van der Waals surface area contributed by atoms with E-state index in [0.29, 0.717) is 0 Å². The quantitative estimate of drug-likeness (QED) is 0.151. The Kier molecular flexibility index (Phi) is 8.80. The van der Waals surface area contributed by atoms with Crippen molar-refractivity contribution in [2.24, 2.45) is 0 Å². The lowest BCUT2D eigenvalue weighted by molar-refractivity contribution is 1.65. The summed E-state index contributed by atoms with van der Waals surface area (Å²) in [5, 5.41) is 17.8. The number of rotatable bonds is 5. The van der Waals surface area contributed by atoms with Gasteiger partial charge < -0.3 is 0 Å². The van der Waals surface area contributed by atoms with E-state index in [4.69, 9.17) is 0 Å². The first-order chi connectivity index (χ1) is 34.7. The van der Waals surface area contributed by atoms with Crippen LogP contribution in [0.25, 0.3) is 150 Å². The highest BCUT2D eigenvalue weighted by atomic mass is 32.1. The Hall–Kier alpha value is -8.40. The maximum atomic E-state index is 2.48. The van der Waals surface area contributed by atoms with Crippen LogP contribution in [0.4, 0.5) is 0 Å². The lowest BCUT2D eigenvalue weighted by Crippen LogP contribution is -1.93. The number of hydrogen-bond acceptors (Lipinski definition) is 2. The molecule has 0 aliphatic heterocycles. The fourth-order valence-corrected chi connectivity index (χ4v) is 14.0. The second-order valence-electron chi connectivity index (χ2n) is 18.7. The van der Waals surface area contributed by atoms with Gasteiger partial charge in [0.25, 0.3) is 0 Å². The van der Waals surface area contributed by atoms with Crippen molar-refractivity contribution < 1.29 is 0 Å². The summed E-state index contributed by atoms with van der Waals surface area (Å²) < 4.78 is 5.27. The van der Waals surface area contributed by atoms with Crippen molar-refractivity contribution in [3.8, 4) is 55.6 Å². The largest absolute Gasteiger partial charge is 0.135 e. The molecule has 0 bridgehead atoms. The molecule has 0 N–H and O–H groups in total. The number of benzene rings is 13. The maximum absolute atomic E-state index is 2.48. The minimum absolute atomic E-state index is 1.19. The van der Waals surface area contributed by atoms with Gasteiger partial charge >= 0.3 is 0 Å². The van der Waals surface area contributed by atoms with Gasteiger partial charge in [-0.25, -0.2) is 0 Å². The topological polar surface area (TPSA) is 0 Å². The van der Waals surface area contributed by atoms with E-state index in [1.165, 1.54) is 150 Å². The average Bonchev–Trinajstić information content (AvgIpc) is 3.99. The van der Waals surface area contributed by atoms with Crippen LogP contribution in [-0.4, -0.2) is 0 Å². The zero-order chi connectivity index (χ0) is 45.9. The first-order valence-corrected chi connectivity index (χ1v) is 25.7. The summed E-state index contributed by atoms with van der Waals surface area (Å²) >= 11 is 3.77. The number of hydrogen-bond donors (Lipinski definition) is 0. The van der Waals surface area contributed by atoms with Crippen molar-refractivity contribution >= 4 is 117 Å². The molecule has 0 saturated carbocycles. The van der Waals surface area contributed by atoms with Gasteiger partial charge in [-0.2, -0.15) is 0 Å². The van der Waals surface area contributed by atoms with Crippen molar-refractivity contribution in [1.29, 1.82) is 0 Å². The van der Waals surface area contributed by atoms with E-state index in [9.17, 15) is 0 Å². The Morgan fingerprint density at radius 1 is 0.171 bits per heavy atom. The van der Waals surface area contributed by atoms with Gasteiger partial charge in [-0.15, -0.1) is 22.7 Å². The highest BCUT2D eigenvalue weighted by Crippen LogP contribution is 2.49. The van der Waals surface area contributed by atoms with Crippen molar-refractivity contribution in [3.63, 3.8) is 0 Å².